The largest absolute Gasteiger partial charge is 0.326 e. The Bertz CT molecular complexity index is 530. The van der Waals surface area contributed by atoms with Crippen LogP contribution in [0.2, 0.25) is 0 Å². The fraction of sp³-hybridized carbons (Fsp3) is 0.600. The summed E-state index contributed by atoms with van der Waals surface area (Å²) in [5, 5.41) is 0. The van der Waals surface area contributed by atoms with E-state index in [-0.39, 0.29) is 17.2 Å². The fourth-order valence-electron chi connectivity index (χ4n) is 1.87. The summed E-state index contributed by atoms with van der Waals surface area (Å²) in [6.07, 6.45) is 0. The number of hydrogen-bond acceptors (Lipinski definition) is 3. The molecule has 0 saturated carbocycles. The minimum absolute atomic E-state index is 0.0226. The molecule has 0 aliphatic carbocycles. The van der Waals surface area contributed by atoms with E-state index >= 15 is 0 Å². The quantitative estimate of drug-likeness (QED) is 0.907. The van der Waals surface area contributed by atoms with E-state index in [2.05, 4.69) is 0 Å². The molecule has 0 spiro atoms. The molecule has 1 aromatic rings. The van der Waals surface area contributed by atoms with Gasteiger partial charge in [0.2, 0.25) is 10.0 Å². The minimum atomic E-state index is -3.31. The lowest BCUT2D eigenvalue weighted by atomic mass is 9.88. The number of benzene rings is 1. The van der Waals surface area contributed by atoms with E-state index in [1.165, 1.54) is 4.31 Å². The van der Waals surface area contributed by atoms with E-state index in [4.69, 9.17) is 5.73 Å². The van der Waals surface area contributed by atoms with Gasteiger partial charge >= 0.3 is 0 Å². The maximum atomic E-state index is 12.4. The van der Waals surface area contributed by atoms with Crippen molar-refractivity contribution < 1.29 is 8.42 Å². The lowest BCUT2D eigenvalue weighted by Gasteiger charge is -2.34. The van der Waals surface area contributed by atoms with Crippen molar-refractivity contribution in [3.8, 4) is 0 Å². The third kappa shape index (κ3) is 4.30. The van der Waals surface area contributed by atoms with Crippen LogP contribution >= 0.6 is 0 Å². The molecule has 0 aromatic heterocycles. The van der Waals surface area contributed by atoms with Crippen molar-refractivity contribution in [1.82, 2.24) is 4.31 Å². The van der Waals surface area contributed by atoms with E-state index in [1.807, 2.05) is 52.0 Å². The standard InChI is InChI=1S/C15H26N2O2S/c1-12(15(2,3)4)17(5)20(18,19)11-14-8-6-13(10-16)7-9-14/h6-9,12H,10-11,16H2,1-5H3. The molecular formula is C15H26N2O2S. The second-order valence-corrected chi connectivity index (χ2v) is 8.36. The first-order valence-electron chi connectivity index (χ1n) is 6.81. The lowest BCUT2D eigenvalue weighted by molar-refractivity contribution is 0.216. The summed E-state index contributed by atoms with van der Waals surface area (Å²) in [7, 11) is -1.66. The van der Waals surface area contributed by atoms with E-state index in [0.29, 0.717) is 6.54 Å². The van der Waals surface area contributed by atoms with Crippen LogP contribution in [0.3, 0.4) is 0 Å². The van der Waals surface area contributed by atoms with Crippen LogP contribution in [0.4, 0.5) is 0 Å². The van der Waals surface area contributed by atoms with E-state index in [0.717, 1.165) is 11.1 Å². The third-order valence-electron chi connectivity index (χ3n) is 3.85. The molecule has 1 aromatic carbocycles. The van der Waals surface area contributed by atoms with Gasteiger partial charge in [0.25, 0.3) is 0 Å². The second kappa shape index (κ2) is 6.24. The smallest absolute Gasteiger partial charge is 0.218 e. The Morgan fingerprint density at radius 1 is 1.15 bits per heavy atom. The zero-order valence-electron chi connectivity index (χ0n) is 13.1. The molecule has 0 bridgehead atoms. The third-order valence-corrected chi connectivity index (χ3v) is 5.74. The van der Waals surface area contributed by atoms with Crippen LogP contribution in [-0.2, 0) is 22.3 Å². The molecule has 0 fully saturated rings. The van der Waals surface area contributed by atoms with E-state index < -0.39 is 10.0 Å². The van der Waals surface area contributed by atoms with Gasteiger partial charge in [-0.3, -0.25) is 0 Å². The van der Waals surface area contributed by atoms with Gasteiger partial charge in [-0.2, -0.15) is 0 Å². The van der Waals surface area contributed by atoms with Gasteiger partial charge in [0.1, 0.15) is 0 Å². The molecule has 20 heavy (non-hydrogen) atoms. The van der Waals surface area contributed by atoms with Crippen LogP contribution in [0.1, 0.15) is 38.8 Å². The zero-order valence-corrected chi connectivity index (χ0v) is 13.9. The monoisotopic (exact) mass is 298 g/mol. The Hall–Kier alpha value is -0.910. The van der Waals surface area contributed by atoms with E-state index in [1.54, 1.807) is 7.05 Å². The van der Waals surface area contributed by atoms with Crippen molar-refractivity contribution >= 4 is 10.0 Å². The maximum absolute atomic E-state index is 12.4. The van der Waals surface area contributed by atoms with Crippen molar-refractivity contribution in [3.05, 3.63) is 35.4 Å². The molecule has 0 radical (unpaired) electrons. The topological polar surface area (TPSA) is 63.4 Å². The van der Waals surface area contributed by atoms with Crippen molar-refractivity contribution in [2.45, 2.75) is 46.0 Å². The first kappa shape index (κ1) is 17.1. The highest BCUT2D eigenvalue weighted by Gasteiger charge is 2.31. The Kier molecular flexibility index (Phi) is 5.35. The number of sulfonamides is 1. The Labute approximate surface area is 123 Å². The van der Waals surface area contributed by atoms with Crippen LogP contribution in [0.25, 0.3) is 0 Å². The van der Waals surface area contributed by atoms with Gasteiger partial charge in [-0.25, -0.2) is 12.7 Å². The Morgan fingerprint density at radius 2 is 1.60 bits per heavy atom. The summed E-state index contributed by atoms with van der Waals surface area (Å²) >= 11 is 0. The minimum Gasteiger partial charge on any atom is -0.326 e. The van der Waals surface area contributed by atoms with Crippen molar-refractivity contribution in [2.24, 2.45) is 11.1 Å². The van der Waals surface area contributed by atoms with Gasteiger partial charge in [0, 0.05) is 19.6 Å². The number of hydrogen-bond donors (Lipinski definition) is 1. The summed E-state index contributed by atoms with van der Waals surface area (Å²) in [4.78, 5) is 0. The average molecular weight is 298 g/mol. The number of rotatable bonds is 5. The van der Waals surface area contributed by atoms with Crippen LogP contribution in [0.15, 0.2) is 24.3 Å². The molecule has 1 rings (SSSR count). The molecule has 1 unspecified atom stereocenters. The van der Waals surface area contributed by atoms with Gasteiger partial charge in [-0.05, 0) is 23.5 Å². The van der Waals surface area contributed by atoms with Crippen molar-refractivity contribution in [3.63, 3.8) is 0 Å². The van der Waals surface area contributed by atoms with Crippen LogP contribution in [0, 0.1) is 5.41 Å². The summed E-state index contributed by atoms with van der Waals surface area (Å²) in [5.74, 6) is 0.0226. The molecule has 114 valence electrons. The first-order chi connectivity index (χ1) is 9.08. The molecule has 0 saturated heterocycles. The predicted octanol–water partition coefficient (Wildman–Crippen LogP) is 2.34. The lowest BCUT2D eigenvalue weighted by Crippen LogP contribution is -2.43. The number of nitrogens with zero attached hydrogens (tertiary/aromatic N) is 1. The molecule has 0 amide bonds. The van der Waals surface area contributed by atoms with Gasteiger partial charge in [-0.1, -0.05) is 45.0 Å². The first-order valence-corrected chi connectivity index (χ1v) is 8.42. The Morgan fingerprint density at radius 3 is 2.00 bits per heavy atom. The van der Waals surface area contributed by atoms with Crippen LogP contribution in [0.5, 0.6) is 0 Å². The van der Waals surface area contributed by atoms with Gasteiger partial charge in [0.15, 0.2) is 0 Å². The molecule has 0 aliphatic heterocycles. The molecule has 4 nitrogen and oxygen atoms in total. The normalized spacial score (nSPS) is 14.6. The molecular weight excluding hydrogens is 272 g/mol. The highest BCUT2D eigenvalue weighted by molar-refractivity contribution is 7.88. The molecule has 5 heteroatoms. The van der Waals surface area contributed by atoms with E-state index in [9.17, 15) is 8.42 Å². The Balaban J connectivity index is 2.88. The number of nitrogens with two attached hydrogens (primary N) is 1. The average Bonchev–Trinajstić information content (AvgIpc) is 2.36. The molecule has 2 N–H and O–H groups in total. The van der Waals surface area contributed by atoms with Crippen molar-refractivity contribution in [2.75, 3.05) is 7.05 Å². The fourth-order valence-corrected chi connectivity index (χ4v) is 3.49. The highest BCUT2D eigenvalue weighted by Crippen LogP contribution is 2.26. The predicted molar refractivity (Wildman–Crippen MR) is 83.6 cm³/mol. The van der Waals surface area contributed by atoms with Crippen LogP contribution in [-0.4, -0.2) is 25.8 Å². The van der Waals surface area contributed by atoms with Gasteiger partial charge in [-0.15, -0.1) is 0 Å². The zero-order chi connectivity index (χ0) is 15.6. The summed E-state index contributed by atoms with van der Waals surface area (Å²) in [6.45, 7) is 8.53. The molecule has 0 heterocycles. The SMILES string of the molecule is CC(N(C)S(=O)(=O)Cc1ccc(CN)cc1)C(C)(C)C. The van der Waals surface area contributed by atoms with Gasteiger partial charge in [0.05, 0.1) is 5.75 Å². The van der Waals surface area contributed by atoms with Crippen LogP contribution < -0.4 is 5.73 Å². The second-order valence-electron chi connectivity index (χ2n) is 6.34. The summed E-state index contributed by atoms with van der Waals surface area (Å²) in [5.41, 5.74) is 7.23. The summed E-state index contributed by atoms with van der Waals surface area (Å²) in [6, 6.07) is 7.34. The van der Waals surface area contributed by atoms with Gasteiger partial charge < -0.3 is 5.73 Å². The molecule has 1 atom stereocenters. The maximum Gasteiger partial charge on any atom is 0.218 e. The van der Waals surface area contributed by atoms with Crippen molar-refractivity contribution in [1.29, 1.82) is 0 Å². The highest BCUT2D eigenvalue weighted by atomic mass is 32.2. The molecule has 0 aliphatic rings. The summed E-state index contributed by atoms with van der Waals surface area (Å²) < 4.78 is 26.4.